The summed E-state index contributed by atoms with van der Waals surface area (Å²) in [5.74, 6) is 1.48. The Hall–Kier alpha value is -2.21. The first-order valence-corrected chi connectivity index (χ1v) is 9.58. The maximum atomic E-state index is 12.3. The molecule has 2 aromatic heterocycles. The molecule has 1 amide bonds. The quantitative estimate of drug-likeness (QED) is 0.866. The van der Waals surface area contributed by atoms with Crippen LogP contribution in [0.2, 0.25) is 0 Å². The lowest BCUT2D eigenvalue weighted by molar-refractivity contribution is -0.122. The highest BCUT2D eigenvalue weighted by atomic mass is 16.1. The molecule has 0 radical (unpaired) electrons. The molecule has 0 aliphatic carbocycles. The van der Waals surface area contributed by atoms with Gasteiger partial charge in [0.25, 0.3) is 0 Å². The third-order valence-corrected chi connectivity index (χ3v) is 5.57. The van der Waals surface area contributed by atoms with E-state index in [9.17, 15) is 4.79 Å². The average molecular weight is 353 g/mol. The molecule has 2 aliphatic heterocycles. The molecule has 2 bridgehead atoms. The first-order chi connectivity index (χ1) is 12.6. The Morgan fingerprint density at radius 1 is 1.27 bits per heavy atom. The summed E-state index contributed by atoms with van der Waals surface area (Å²) in [4.78, 5) is 16.8. The Morgan fingerprint density at radius 2 is 2.04 bits per heavy atom. The second-order valence-electron chi connectivity index (χ2n) is 7.82. The number of carbonyl (C=O) groups is 1. The maximum Gasteiger partial charge on any atom is 0.220 e. The molecule has 0 spiro atoms. The van der Waals surface area contributed by atoms with Gasteiger partial charge in [0.15, 0.2) is 5.82 Å². The molecule has 26 heavy (non-hydrogen) atoms. The monoisotopic (exact) mass is 353 g/mol. The molecule has 2 atom stereocenters. The van der Waals surface area contributed by atoms with Gasteiger partial charge in [0.2, 0.25) is 5.91 Å². The van der Waals surface area contributed by atoms with E-state index in [-0.39, 0.29) is 5.91 Å². The lowest BCUT2D eigenvalue weighted by Gasteiger charge is -2.28. The van der Waals surface area contributed by atoms with Crippen LogP contribution in [0.4, 0.5) is 0 Å². The SMILES string of the molecule is Cc1cc(C)n(-c2ccc(CNC(=O)CC3CC4CCC(C3)N4)cn2)n1. The van der Waals surface area contributed by atoms with Crippen molar-refractivity contribution in [3.63, 3.8) is 0 Å². The standard InChI is InChI=1S/C20H27N5O/c1-13-7-14(2)25(24-13)19-6-3-15(11-21-19)12-22-20(26)10-16-8-17-4-5-18(9-16)23-17/h3,6-7,11,16-18,23H,4-5,8-10,12H2,1-2H3,(H,22,26). The molecule has 2 fully saturated rings. The van der Waals surface area contributed by atoms with E-state index >= 15 is 0 Å². The van der Waals surface area contributed by atoms with Crippen LogP contribution in [0, 0.1) is 19.8 Å². The summed E-state index contributed by atoms with van der Waals surface area (Å²) in [6.45, 7) is 4.52. The molecular formula is C20H27N5O. The predicted octanol–water partition coefficient (Wildman–Crippen LogP) is 2.42. The molecule has 2 aliphatic rings. The summed E-state index contributed by atoms with van der Waals surface area (Å²) in [6, 6.07) is 7.26. The normalized spacial score (nSPS) is 24.6. The van der Waals surface area contributed by atoms with Gasteiger partial charge in [-0.1, -0.05) is 6.07 Å². The highest BCUT2D eigenvalue weighted by Gasteiger charge is 2.34. The van der Waals surface area contributed by atoms with Crippen LogP contribution in [-0.4, -0.2) is 32.8 Å². The van der Waals surface area contributed by atoms with Crippen LogP contribution in [0.5, 0.6) is 0 Å². The van der Waals surface area contributed by atoms with E-state index in [4.69, 9.17) is 0 Å². The van der Waals surface area contributed by atoms with Gasteiger partial charge in [-0.25, -0.2) is 9.67 Å². The fraction of sp³-hybridized carbons (Fsp3) is 0.550. The van der Waals surface area contributed by atoms with Crippen molar-refractivity contribution in [1.29, 1.82) is 0 Å². The van der Waals surface area contributed by atoms with Crippen molar-refractivity contribution in [2.75, 3.05) is 0 Å². The van der Waals surface area contributed by atoms with E-state index in [0.717, 1.165) is 35.6 Å². The van der Waals surface area contributed by atoms with Crippen molar-refractivity contribution in [3.05, 3.63) is 41.3 Å². The number of hydrogen-bond donors (Lipinski definition) is 2. The Morgan fingerprint density at radius 3 is 2.65 bits per heavy atom. The van der Waals surface area contributed by atoms with Crippen LogP contribution in [0.3, 0.4) is 0 Å². The fourth-order valence-electron chi connectivity index (χ4n) is 4.38. The molecule has 0 saturated carbocycles. The molecule has 4 rings (SSSR count). The minimum Gasteiger partial charge on any atom is -0.352 e. The number of carbonyl (C=O) groups excluding carboxylic acids is 1. The van der Waals surface area contributed by atoms with E-state index < -0.39 is 0 Å². The number of hydrogen-bond acceptors (Lipinski definition) is 4. The molecule has 2 aromatic rings. The summed E-state index contributed by atoms with van der Waals surface area (Å²) >= 11 is 0. The molecule has 2 N–H and O–H groups in total. The zero-order valence-electron chi connectivity index (χ0n) is 15.5. The van der Waals surface area contributed by atoms with E-state index in [1.807, 2.05) is 42.9 Å². The number of fused-ring (bicyclic) bond motifs is 2. The van der Waals surface area contributed by atoms with Crippen LogP contribution in [0.1, 0.15) is 49.1 Å². The molecule has 0 aromatic carbocycles. The van der Waals surface area contributed by atoms with Crippen molar-refractivity contribution in [2.45, 2.75) is 64.6 Å². The van der Waals surface area contributed by atoms with E-state index in [0.29, 0.717) is 31.0 Å². The summed E-state index contributed by atoms with van der Waals surface area (Å²) in [5.41, 5.74) is 3.05. The number of nitrogens with zero attached hydrogens (tertiary/aromatic N) is 3. The third-order valence-electron chi connectivity index (χ3n) is 5.57. The van der Waals surface area contributed by atoms with Crippen molar-refractivity contribution < 1.29 is 4.79 Å². The number of amides is 1. The van der Waals surface area contributed by atoms with Crippen molar-refractivity contribution in [3.8, 4) is 5.82 Å². The lowest BCUT2D eigenvalue weighted by Crippen LogP contribution is -2.39. The molecule has 4 heterocycles. The van der Waals surface area contributed by atoms with Gasteiger partial charge in [0.1, 0.15) is 0 Å². The highest BCUT2D eigenvalue weighted by Crippen LogP contribution is 2.32. The van der Waals surface area contributed by atoms with Crippen molar-refractivity contribution in [2.24, 2.45) is 5.92 Å². The maximum absolute atomic E-state index is 12.3. The van der Waals surface area contributed by atoms with Crippen LogP contribution in [0.15, 0.2) is 24.4 Å². The fourth-order valence-corrected chi connectivity index (χ4v) is 4.38. The predicted molar refractivity (Wildman–Crippen MR) is 100.0 cm³/mol. The minimum absolute atomic E-state index is 0.152. The molecule has 6 heteroatoms. The summed E-state index contributed by atoms with van der Waals surface area (Å²) in [7, 11) is 0. The largest absolute Gasteiger partial charge is 0.352 e. The van der Waals surface area contributed by atoms with Gasteiger partial charge in [-0.3, -0.25) is 4.79 Å². The topological polar surface area (TPSA) is 71.8 Å². The molecule has 2 saturated heterocycles. The third kappa shape index (κ3) is 3.80. The minimum atomic E-state index is 0.152. The smallest absolute Gasteiger partial charge is 0.220 e. The van der Waals surface area contributed by atoms with Gasteiger partial charge in [0, 0.05) is 36.9 Å². The van der Waals surface area contributed by atoms with Crippen molar-refractivity contribution in [1.82, 2.24) is 25.4 Å². The summed E-state index contributed by atoms with van der Waals surface area (Å²) < 4.78 is 1.84. The Bertz CT molecular complexity index is 770. The van der Waals surface area contributed by atoms with Crippen LogP contribution < -0.4 is 10.6 Å². The van der Waals surface area contributed by atoms with E-state index in [2.05, 4.69) is 20.7 Å². The van der Waals surface area contributed by atoms with Gasteiger partial charge in [-0.15, -0.1) is 0 Å². The lowest BCUT2D eigenvalue weighted by atomic mass is 9.89. The Labute approximate surface area is 154 Å². The molecule has 2 unspecified atom stereocenters. The second kappa shape index (κ2) is 7.19. The van der Waals surface area contributed by atoms with Gasteiger partial charge in [-0.2, -0.15) is 5.10 Å². The Balaban J connectivity index is 1.29. The van der Waals surface area contributed by atoms with Gasteiger partial charge >= 0.3 is 0 Å². The number of aryl methyl sites for hydroxylation is 2. The first-order valence-electron chi connectivity index (χ1n) is 9.58. The zero-order valence-corrected chi connectivity index (χ0v) is 15.5. The van der Waals surface area contributed by atoms with Gasteiger partial charge in [0.05, 0.1) is 5.69 Å². The molecular weight excluding hydrogens is 326 g/mol. The zero-order chi connectivity index (χ0) is 18.1. The molecule has 6 nitrogen and oxygen atoms in total. The summed E-state index contributed by atoms with van der Waals surface area (Å²) in [6.07, 6.45) is 7.29. The summed E-state index contributed by atoms with van der Waals surface area (Å²) in [5, 5.41) is 11.1. The number of rotatable bonds is 5. The van der Waals surface area contributed by atoms with E-state index in [1.54, 1.807) is 0 Å². The van der Waals surface area contributed by atoms with Gasteiger partial charge in [-0.05, 0) is 63.1 Å². The average Bonchev–Trinajstić information content (AvgIpc) is 3.14. The van der Waals surface area contributed by atoms with Crippen LogP contribution >= 0.6 is 0 Å². The van der Waals surface area contributed by atoms with Crippen molar-refractivity contribution >= 4 is 5.91 Å². The second-order valence-corrected chi connectivity index (χ2v) is 7.82. The van der Waals surface area contributed by atoms with Crippen LogP contribution in [0.25, 0.3) is 5.82 Å². The number of aromatic nitrogens is 3. The molecule has 138 valence electrons. The van der Waals surface area contributed by atoms with E-state index in [1.165, 1.54) is 12.8 Å². The number of pyridine rings is 1. The first kappa shape index (κ1) is 17.2. The number of piperidine rings is 1. The highest BCUT2D eigenvalue weighted by molar-refractivity contribution is 5.76. The number of nitrogens with one attached hydrogen (secondary N) is 2. The van der Waals surface area contributed by atoms with Gasteiger partial charge < -0.3 is 10.6 Å². The Kier molecular flexibility index (Phi) is 4.76. The van der Waals surface area contributed by atoms with Crippen LogP contribution in [-0.2, 0) is 11.3 Å².